The van der Waals surface area contributed by atoms with Crippen molar-refractivity contribution in [2.75, 3.05) is 31.6 Å². The first kappa shape index (κ1) is 16.7. The van der Waals surface area contributed by atoms with Crippen LogP contribution in [0.3, 0.4) is 0 Å². The second kappa shape index (κ2) is 9.53. The second-order valence-electron chi connectivity index (χ2n) is 4.89. The van der Waals surface area contributed by atoms with Gasteiger partial charge in [0.25, 0.3) is 0 Å². The Hall–Kier alpha value is -1.36. The average molecular weight is 280 g/mol. The maximum Gasteiger partial charge on any atom is 0.218 e. The van der Waals surface area contributed by atoms with Crippen LogP contribution < -0.4 is 10.1 Å². The number of rotatable bonds is 10. The minimum atomic E-state index is 0.398. The van der Waals surface area contributed by atoms with Crippen molar-refractivity contribution in [2.45, 2.75) is 46.6 Å². The molecule has 0 radical (unpaired) electrons. The van der Waals surface area contributed by atoms with E-state index in [4.69, 9.17) is 4.74 Å². The van der Waals surface area contributed by atoms with Gasteiger partial charge < -0.3 is 15.0 Å². The van der Waals surface area contributed by atoms with Crippen molar-refractivity contribution in [1.82, 2.24) is 14.9 Å². The summed E-state index contributed by atoms with van der Waals surface area (Å²) in [7, 11) is 0. The highest BCUT2D eigenvalue weighted by molar-refractivity contribution is 5.37. The molecular formula is C15H28N4O. The summed E-state index contributed by atoms with van der Waals surface area (Å²) in [6, 6.07) is 2.25. The van der Waals surface area contributed by atoms with Crippen LogP contribution in [-0.4, -0.2) is 47.2 Å². The van der Waals surface area contributed by atoms with Crippen LogP contribution in [0, 0.1) is 0 Å². The van der Waals surface area contributed by atoms with E-state index in [-0.39, 0.29) is 0 Å². The number of hydrogen-bond donors (Lipinski definition) is 1. The number of nitrogens with zero attached hydrogens (tertiary/aromatic N) is 3. The molecule has 1 N–H and O–H groups in total. The molecule has 20 heavy (non-hydrogen) atoms. The molecule has 0 aliphatic rings. The molecule has 0 spiro atoms. The summed E-state index contributed by atoms with van der Waals surface area (Å²) in [5.74, 6) is 1.46. The largest absolute Gasteiger partial charge is 0.478 e. The molecule has 1 atom stereocenters. The molecule has 1 heterocycles. The fourth-order valence-electron chi connectivity index (χ4n) is 2.13. The summed E-state index contributed by atoms with van der Waals surface area (Å²) in [6.07, 6.45) is 3.86. The molecule has 5 heteroatoms. The lowest BCUT2D eigenvalue weighted by Gasteiger charge is -2.20. The van der Waals surface area contributed by atoms with E-state index in [0.29, 0.717) is 18.5 Å². The topological polar surface area (TPSA) is 50.3 Å². The minimum Gasteiger partial charge on any atom is -0.478 e. The lowest BCUT2D eigenvalue weighted by molar-refractivity contribution is 0.295. The van der Waals surface area contributed by atoms with E-state index in [0.717, 1.165) is 31.9 Å². The Morgan fingerprint density at radius 2 is 2.00 bits per heavy atom. The predicted octanol–water partition coefficient (Wildman–Crippen LogP) is 2.80. The van der Waals surface area contributed by atoms with Gasteiger partial charge >= 0.3 is 0 Å². The van der Waals surface area contributed by atoms with Crippen molar-refractivity contribution in [1.29, 1.82) is 0 Å². The van der Waals surface area contributed by atoms with E-state index in [2.05, 4.69) is 41.0 Å². The molecule has 0 saturated heterocycles. The molecule has 5 nitrogen and oxygen atoms in total. The van der Waals surface area contributed by atoms with Gasteiger partial charge in [0, 0.05) is 12.1 Å². The molecule has 0 fully saturated rings. The molecule has 0 aliphatic heterocycles. The smallest absolute Gasteiger partial charge is 0.218 e. The normalized spacial score (nSPS) is 12.4. The molecule has 0 aromatic carbocycles. The molecule has 1 aromatic heterocycles. The van der Waals surface area contributed by atoms with Gasteiger partial charge in [-0.25, -0.2) is 9.97 Å². The van der Waals surface area contributed by atoms with Gasteiger partial charge in [0.15, 0.2) is 0 Å². The van der Waals surface area contributed by atoms with Crippen LogP contribution in [0.1, 0.15) is 40.5 Å². The van der Waals surface area contributed by atoms with Crippen LogP contribution in [0.15, 0.2) is 12.4 Å². The molecule has 1 aromatic rings. The van der Waals surface area contributed by atoms with Crippen LogP contribution >= 0.6 is 0 Å². The van der Waals surface area contributed by atoms with Gasteiger partial charge in [-0.1, -0.05) is 13.8 Å². The molecule has 1 rings (SSSR count). The van der Waals surface area contributed by atoms with Crippen LogP contribution in [-0.2, 0) is 0 Å². The number of nitrogens with one attached hydrogen (secondary N) is 1. The summed E-state index contributed by atoms with van der Waals surface area (Å²) in [5.41, 5.74) is 0. The van der Waals surface area contributed by atoms with Gasteiger partial charge in [-0.05, 0) is 46.3 Å². The first-order valence-electron chi connectivity index (χ1n) is 7.63. The Morgan fingerprint density at radius 1 is 1.25 bits per heavy atom. The van der Waals surface area contributed by atoms with Gasteiger partial charge in [0.2, 0.25) is 5.88 Å². The SMILES string of the molecule is CCOc1cc(NC(C)CCCN(CC)CC)ncn1. The van der Waals surface area contributed by atoms with Crippen LogP contribution in [0.4, 0.5) is 5.82 Å². The zero-order valence-corrected chi connectivity index (χ0v) is 13.2. The number of anilines is 1. The monoisotopic (exact) mass is 280 g/mol. The molecular weight excluding hydrogens is 252 g/mol. The van der Waals surface area contributed by atoms with E-state index in [1.54, 1.807) is 0 Å². The fourth-order valence-corrected chi connectivity index (χ4v) is 2.13. The Bertz CT molecular complexity index is 369. The second-order valence-corrected chi connectivity index (χ2v) is 4.89. The highest BCUT2D eigenvalue weighted by atomic mass is 16.5. The summed E-state index contributed by atoms with van der Waals surface area (Å²) in [5, 5.41) is 3.40. The van der Waals surface area contributed by atoms with Gasteiger partial charge in [-0.15, -0.1) is 0 Å². The highest BCUT2D eigenvalue weighted by Crippen LogP contribution is 2.13. The zero-order valence-electron chi connectivity index (χ0n) is 13.2. The van der Waals surface area contributed by atoms with E-state index < -0.39 is 0 Å². The third-order valence-corrected chi connectivity index (χ3v) is 3.33. The van der Waals surface area contributed by atoms with Gasteiger partial charge in [0.1, 0.15) is 12.1 Å². The Labute approximate surface area is 122 Å². The zero-order chi connectivity index (χ0) is 14.8. The van der Waals surface area contributed by atoms with Gasteiger partial charge in [-0.2, -0.15) is 0 Å². The lowest BCUT2D eigenvalue weighted by atomic mass is 10.1. The summed E-state index contributed by atoms with van der Waals surface area (Å²) in [4.78, 5) is 10.7. The van der Waals surface area contributed by atoms with E-state index in [1.807, 2.05) is 13.0 Å². The minimum absolute atomic E-state index is 0.398. The Balaban J connectivity index is 2.34. The van der Waals surface area contributed by atoms with Crippen molar-refractivity contribution in [3.63, 3.8) is 0 Å². The van der Waals surface area contributed by atoms with E-state index >= 15 is 0 Å². The summed E-state index contributed by atoms with van der Waals surface area (Å²) >= 11 is 0. The van der Waals surface area contributed by atoms with Gasteiger partial charge in [-0.3, -0.25) is 0 Å². The van der Waals surface area contributed by atoms with Crippen LogP contribution in [0.25, 0.3) is 0 Å². The van der Waals surface area contributed by atoms with Gasteiger partial charge in [0.05, 0.1) is 6.61 Å². The average Bonchev–Trinajstić information content (AvgIpc) is 2.44. The molecule has 0 bridgehead atoms. The first-order valence-corrected chi connectivity index (χ1v) is 7.63. The van der Waals surface area contributed by atoms with Crippen molar-refractivity contribution in [3.05, 3.63) is 12.4 Å². The number of hydrogen-bond acceptors (Lipinski definition) is 5. The maximum atomic E-state index is 5.37. The third kappa shape index (κ3) is 6.19. The molecule has 0 saturated carbocycles. The molecule has 1 unspecified atom stereocenters. The van der Waals surface area contributed by atoms with Crippen molar-refractivity contribution >= 4 is 5.82 Å². The Morgan fingerprint density at radius 3 is 2.65 bits per heavy atom. The quantitative estimate of drug-likeness (QED) is 0.714. The van der Waals surface area contributed by atoms with E-state index in [9.17, 15) is 0 Å². The highest BCUT2D eigenvalue weighted by Gasteiger charge is 2.06. The van der Waals surface area contributed by atoms with Crippen LogP contribution in [0.5, 0.6) is 5.88 Å². The fraction of sp³-hybridized carbons (Fsp3) is 0.733. The standard InChI is InChI=1S/C15H28N4O/c1-5-19(6-2)10-8-9-13(4)18-14-11-15(20-7-3)17-12-16-14/h11-13H,5-10H2,1-4H3,(H,16,17,18). The molecule has 114 valence electrons. The van der Waals surface area contributed by atoms with Crippen LogP contribution in [0.2, 0.25) is 0 Å². The van der Waals surface area contributed by atoms with Crippen molar-refractivity contribution in [2.24, 2.45) is 0 Å². The molecule has 0 amide bonds. The maximum absolute atomic E-state index is 5.37. The van der Waals surface area contributed by atoms with Crippen molar-refractivity contribution in [3.8, 4) is 5.88 Å². The number of ether oxygens (including phenoxy) is 1. The first-order chi connectivity index (χ1) is 9.69. The van der Waals surface area contributed by atoms with Crippen molar-refractivity contribution < 1.29 is 4.74 Å². The van der Waals surface area contributed by atoms with E-state index in [1.165, 1.54) is 12.7 Å². The number of aromatic nitrogens is 2. The molecule has 0 aliphatic carbocycles. The predicted molar refractivity (Wildman–Crippen MR) is 83.3 cm³/mol. The lowest BCUT2D eigenvalue weighted by Crippen LogP contribution is -2.25. The third-order valence-electron chi connectivity index (χ3n) is 3.33. The summed E-state index contributed by atoms with van der Waals surface area (Å²) < 4.78 is 5.37. The Kier molecular flexibility index (Phi) is 7.95. The summed E-state index contributed by atoms with van der Waals surface area (Å²) in [6.45, 7) is 12.6.